The van der Waals surface area contributed by atoms with E-state index in [9.17, 15) is 4.79 Å². The van der Waals surface area contributed by atoms with Crippen LogP contribution < -0.4 is 5.73 Å². The summed E-state index contributed by atoms with van der Waals surface area (Å²) in [6.07, 6.45) is 1.52. The first-order chi connectivity index (χ1) is 6.06. The van der Waals surface area contributed by atoms with Crippen molar-refractivity contribution in [3.8, 4) is 0 Å². The molecule has 0 aliphatic carbocycles. The van der Waals surface area contributed by atoms with Crippen molar-refractivity contribution < 1.29 is 9.90 Å². The number of hydrogen-bond donors (Lipinski definition) is 2. The smallest absolute Gasteiger partial charge is 0.337 e. The maximum Gasteiger partial charge on any atom is 0.337 e. The Morgan fingerprint density at radius 2 is 2.23 bits per heavy atom. The molecule has 3 nitrogen and oxygen atoms in total. The number of carboxylic acids is 1. The summed E-state index contributed by atoms with van der Waals surface area (Å²) in [7, 11) is 0. The van der Waals surface area contributed by atoms with Crippen LogP contribution in [0.5, 0.6) is 0 Å². The molecular weight excluding hydrogens is 190 g/mol. The zero-order valence-electron chi connectivity index (χ0n) is 6.75. The molecule has 0 radical (unpaired) electrons. The van der Waals surface area contributed by atoms with Gasteiger partial charge in [-0.15, -0.1) is 0 Å². The normalized spacial score (nSPS) is 9.62. The van der Waals surface area contributed by atoms with Crippen molar-refractivity contribution in [3.63, 3.8) is 0 Å². The molecule has 0 bridgehead atoms. The number of rotatable bonds is 2. The summed E-state index contributed by atoms with van der Waals surface area (Å²) in [5.74, 6) is -1.09. The first-order valence-electron chi connectivity index (χ1n) is 3.51. The summed E-state index contributed by atoms with van der Waals surface area (Å²) in [6.45, 7) is 3.52. The molecule has 0 fully saturated rings. The molecule has 1 aromatic carbocycles. The summed E-state index contributed by atoms with van der Waals surface area (Å²) < 4.78 is 0. The SMILES string of the molecule is C=Cc1cc(N)c(C(=O)O)cc1Cl. The minimum atomic E-state index is -1.09. The van der Waals surface area contributed by atoms with Gasteiger partial charge in [-0.2, -0.15) is 0 Å². The van der Waals surface area contributed by atoms with Crippen molar-refractivity contribution in [2.24, 2.45) is 0 Å². The third kappa shape index (κ3) is 1.81. The first kappa shape index (κ1) is 9.61. The average Bonchev–Trinajstić information content (AvgIpc) is 2.07. The van der Waals surface area contributed by atoms with Gasteiger partial charge < -0.3 is 10.8 Å². The number of benzene rings is 1. The van der Waals surface area contributed by atoms with Gasteiger partial charge in [0.05, 0.1) is 5.56 Å². The molecule has 3 N–H and O–H groups in total. The molecule has 0 aromatic heterocycles. The third-order valence-electron chi connectivity index (χ3n) is 1.62. The molecule has 0 unspecified atom stereocenters. The Hall–Kier alpha value is -1.48. The molecule has 0 atom stereocenters. The summed E-state index contributed by atoms with van der Waals surface area (Å²) in [5.41, 5.74) is 6.31. The minimum absolute atomic E-state index is 0.00981. The Balaban J connectivity index is 3.36. The number of nitrogen functional groups attached to an aromatic ring is 1. The second-order valence-electron chi connectivity index (χ2n) is 2.47. The van der Waals surface area contributed by atoms with Crippen molar-refractivity contribution in [3.05, 3.63) is 34.9 Å². The lowest BCUT2D eigenvalue weighted by Crippen LogP contribution is -2.02. The van der Waals surface area contributed by atoms with Crippen LogP contribution in [0, 0.1) is 0 Å². The quantitative estimate of drug-likeness (QED) is 0.715. The summed E-state index contributed by atoms with van der Waals surface area (Å²) >= 11 is 5.76. The third-order valence-corrected chi connectivity index (χ3v) is 1.95. The van der Waals surface area contributed by atoms with E-state index in [-0.39, 0.29) is 11.3 Å². The number of hydrogen-bond acceptors (Lipinski definition) is 2. The van der Waals surface area contributed by atoms with Gasteiger partial charge in [0.15, 0.2) is 0 Å². The van der Waals surface area contributed by atoms with Crippen molar-refractivity contribution in [1.29, 1.82) is 0 Å². The van der Waals surface area contributed by atoms with Gasteiger partial charge in [0, 0.05) is 10.7 Å². The van der Waals surface area contributed by atoms with Crippen LogP contribution in [0.25, 0.3) is 6.08 Å². The maximum atomic E-state index is 10.6. The van der Waals surface area contributed by atoms with E-state index < -0.39 is 5.97 Å². The van der Waals surface area contributed by atoms with Crippen LogP contribution in [0.2, 0.25) is 5.02 Å². The van der Waals surface area contributed by atoms with Crippen LogP contribution in [0.3, 0.4) is 0 Å². The predicted molar refractivity (Wildman–Crippen MR) is 52.9 cm³/mol. The zero-order valence-corrected chi connectivity index (χ0v) is 7.51. The lowest BCUT2D eigenvalue weighted by molar-refractivity contribution is 0.0698. The average molecular weight is 198 g/mol. The van der Waals surface area contributed by atoms with Gasteiger partial charge in [0.2, 0.25) is 0 Å². The highest BCUT2D eigenvalue weighted by Gasteiger charge is 2.10. The van der Waals surface area contributed by atoms with Gasteiger partial charge in [-0.05, 0) is 17.7 Å². The summed E-state index contributed by atoms with van der Waals surface area (Å²) in [6, 6.07) is 2.80. The van der Waals surface area contributed by atoms with Crippen LogP contribution in [-0.4, -0.2) is 11.1 Å². The topological polar surface area (TPSA) is 63.3 Å². The van der Waals surface area contributed by atoms with Gasteiger partial charge in [-0.1, -0.05) is 24.3 Å². The molecule has 0 spiro atoms. The molecule has 0 heterocycles. The Bertz CT molecular complexity index is 374. The number of carboxylic acid groups (broad SMARTS) is 1. The molecule has 0 saturated heterocycles. The number of nitrogens with two attached hydrogens (primary N) is 1. The van der Waals surface area contributed by atoms with Crippen molar-refractivity contribution in [1.82, 2.24) is 0 Å². The van der Waals surface area contributed by atoms with E-state index in [1.807, 2.05) is 0 Å². The van der Waals surface area contributed by atoms with Crippen LogP contribution in [0.4, 0.5) is 5.69 Å². The van der Waals surface area contributed by atoms with Crippen LogP contribution in [0.15, 0.2) is 18.7 Å². The van der Waals surface area contributed by atoms with Gasteiger partial charge in [-0.3, -0.25) is 0 Å². The molecule has 4 heteroatoms. The maximum absolute atomic E-state index is 10.6. The van der Waals surface area contributed by atoms with Gasteiger partial charge in [-0.25, -0.2) is 4.79 Å². The van der Waals surface area contributed by atoms with Gasteiger partial charge >= 0.3 is 5.97 Å². The zero-order chi connectivity index (χ0) is 10.0. The van der Waals surface area contributed by atoms with Crippen LogP contribution in [0.1, 0.15) is 15.9 Å². The van der Waals surface area contributed by atoms with E-state index >= 15 is 0 Å². The number of anilines is 1. The fourth-order valence-corrected chi connectivity index (χ4v) is 1.19. The van der Waals surface area contributed by atoms with Gasteiger partial charge in [0.1, 0.15) is 0 Å². The van der Waals surface area contributed by atoms with E-state index in [1.54, 1.807) is 0 Å². The van der Waals surface area contributed by atoms with Crippen LogP contribution in [-0.2, 0) is 0 Å². The Labute approximate surface area is 80.4 Å². The van der Waals surface area contributed by atoms with Crippen molar-refractivity contribution in [2.75, 3.05) is 5.73 Å². The van der Waals surface area contributed by atoms with Crippen LogP contribution >= 0.6 is 11.6 Å². The highest BCUT2D eigenvalue weighted by molar-refractivity contribution is 6.32. The molecule has 1 aromatic rings. The number of aromatic carboxylic acids is 1. The number of halogens is 1. The lowest BCUT2D eigenvalue weighted by Gasteiger charge is -2.04. The van der Waals surface area contributed by atoms with E-state index in [2.05, 4.69) is 6.58 Å². The molecule has 0 saturated carbocycles. The molecule has 0 aliphatic heterocycles. The van der Waals surface area contributed by atoms with Crippen molar-refractivity contribution in [2.45, 2.75) is 0 Å². The second-order valence-corrected chi connectivity index (χ2v) is 2.88. The van der Waals surface area contributed by atoms with E-state index in [4.69, 9.17) is 22.4 Å². The summed E-state index contributed by atoms with van der Waals surface area (Å²) in [4.78, 5) is 10.6. The van der Waals surface area contributed by atoms with Crippen molar-refractivity contribution >= 4 is 29.3 Å². The first-order valence-corrected chi connectivity index (χ1v) is 3.88. The second kappa shape index (κ2) is 3.49. The Morgan fingerprint density at radius 3 is 2.69 bits per heavy atom. The molecule has 1 rings (SSSR count). The standard InChI is InChI=1S/C9H8ClNO2/c1-2-5-3-8(11)6(9(12)13)4-7(5)10/h2-4H,1,11H2,(H,12,13). The van der Waals surface area contributed by atoms with E-state index in [1.165, 1.54) is 18.2 Å². The molecule has 68 valence electrons. The highest BCUT2D eigenvalue weighted by Crippen LogP contribution is 2.24. The van der Waals surface area contributed by atoms with Gasteiger partial charge in [0.25, 0.3) is 0 Å². The molecule has 13 heavy (non-hydrogen) atoms. The molecule has 0 aliphatic rings. The van der Waals surface area contributed by atoms with E-state index in [0.29, 0.717) is 10.6 Å². The fourth-order valence-electron chi connectivity index (χ4n) is 0.949. The molecular formula is C9H8ClNO2. The van der Waals surface area contributed by atoms with E-state index in [0.717, 1.165) is 0 Å². The monoisotopic (exact) mass is 197 g/mol. The predicted octanol–water partition coefficient (Wildman–Crippen LogP) is 2.26. The lowest BCUT2D eigenvalue weighted by atomic mass is 10.1. The summed E-state index contributed by atoms with van der Waals surface area (Å²) in [5, 5.41) is 9.02. The largest absolute Gasteiger partial charge is 0.478 e. The Morgan fingerprint density at radius 1 is 1.62 bits per heavy atom. The molecule has 0 amide bonds. The highest BCUT2D eigenvalue weighted by atomic mass is 35.5. The fraction of sp³-hybridized carbons (Fsp3) is 0. The number of carbonyl (C=O) groups is 1. The Kier molecular flexibility index (Phi) is 2.58. The minimum Gasteiger partial charge on any atom is -0.478 e.